The summed E-state index contributed by atoms with van der Waals surface area (Å²) >= 11 is 4.97. The molecule has 84 valence electrons. The van der Waals surface area contributed by atoms with E-state index in [0.29, 0.717) is 10.5 Å². The van der Waals surface area contributed by atoms with Crippen LogP contribution in [0, 0.1) is 4.64 Å². The van der Waals surface area contributed by atoms with Crippen molar-refractivity contribution >= 4 is 22.1 Å². The topological polar surface area (TPSA) is 62.8 Å². The van der Waals surface area contributed by atoms with Gasteiger partial charge in [-0.2, -0.15) is 0 Å². The lowest BCUT2D eigenvalue weighted by Gasteiger charge is -2.07. The Hall–Kier alpha value is -0.750. The predicted octanol–water partition coefficient (Wildman–Crippen LogP) is 1.81. The molecule has 0 bridgehead atoms. The van der Waals surface area contributed by atoms with E-state index in [1.807, 2.05) is 13.8 Å². The molecule has 0 aliphatic carbocycles. The van der Waals surface area contributed by atoms with E-state index in [1.54, 1.807) is 6.07 Å². The molecule has 6 heteroatoms. The molecule has 1 aromatic rings. The van der Waals surface area contributed by atoms with Gasteiger partial charge in [-0.25, -0.2) is 13.4 Å². The first kappa shape index (κ1) is 12.3. The van der Waals surface area contributed by atoms with Gasteiger partial charge in [0.1, 0.15) is 16.2 Å². The maximum atomic E-state index is 11.1. The lowest BCUT2D eigenvalue weighted by molar-refractivity contribution is 0.599. The van der Waals surface area contributed by atoms with Crippen LogP contribution in [0.3, 0.4) is 0 Å². The summed E-state index contributed by atoms with van der Waals surface area (Å²) < 4.78 is 22.6. The molecule has 0 atom stereocenters. The van der Waals surface area contributed by atoms with Gasteiger partial charge in [0, 0.05) is 11.9 Å². The molecular formula is C9H14N2O2S2. The van der Waals surface area contributed by atoms with Crippen LogP contribution in [0.2, 0.25) is 0 Å². The van der Waals surface area contributed by atoms with Gasteiger partial charge in [-0.15, -0.1) is 0 Å². The van der Waals surface area contributed by atoms with Crippen molar-refractivity contribution in [2.75, 3.05) is 6.26 Å². The summed E-state index contributed by atoms with van der Waals surface area (Å²) in [5, 5.41) is 0. The van der Waals surface area contributed by atoms with Gasteiger partial charge < -0.3 is 4.98 Å². The molecule has 4 nitrogen and oxygen atoms in total. The van der Waals surface area contributed by atoms with E-state index in [4.69, 9.17) is 12.2 Å². The van der Waals surface area contributed by atoms with Crippen LogP contribution in [0.1, 0.15) is 31.3 Å². The molecular weight excluding hydrogens is 232 g/mol. The largest absolute Gasteiger partial charge is 0.346 e. The van der Waals surface area contributed by atoms with Crippen LogP contribution in [0.4, 0.5) is 0 Å². The van der Waals surface area contributed by atoms with Gasteiger partial charge in [0.2, 0.25) is 0 Å². The lowest BCUT2D eigenvalue weighted by atomic mass is 10.1. The van der Waals surface area contributed by atoms with E-state index in [-0.39, 0.29) is 11.7 Å². The van der Waals surface area contributed by atoms with E-state index in [9.17, 15) is 8.42 Å². The van der Waals surface area contributed by atoms with Gasteiger partial charge in [-0.05, 0) is 12.0 Å². The molecule has 0 aliphatic rings. The quantitative estimate of drug-likeness (QED) is 0.826. The van der Waals surface area contributed by atoms with E-state index < -0.39 is 9.84 Å². The van der Waals surface area contributed by atoms with Gasteiger partial charge in [-0.1, -0.05) is 26.1 Å². The third-order valence-electron chi connectivity index (χ3n) is 1.83. The monoisotopic (exact) mass is 246 g/mol. The lowest BCUT2D eigenvalue weighted by Crippen LogP contribution is -2.07. The van der Waals surface area contributed by atoms with Crippen molar-refractivity contribution in [1.82, 2.24) is 9.97 Å². The van der Waals surface area contributed by atoms with Crippen molar-refractivity contribution < 1.29 is 8.42 Å². The molecule has 0 saturated carbocycles. The second-order valence-corrected chi connectivity index (χ2v) is 6.40. The van der Waals surface area contributed by atoms with Crippen LogP contribution in [-0.2, 0) is 15.6 Å². The first-order chi connectivity index (χ1) is 6.78. The summed E-state index contributed by atoms with van der Waals surface area (Å²) in [4.78, 5) is 6.97. The van der Waals surface area contributed by atoms with Crippen molar-refractivity contribution in [2.45, 2.75) is 25.5 Å². The molecule has 1 rings (SSSR count). The Bertz CT molecular complexity index is 503. The Morgan fingerprint density at radius 1 is 1.53 bits per heavy atom. The van der Waals surface area contributed by atoms with Crippen LogP contribution < -0.4 is 0 Å². The van der Waals surface area contributed by atoms with Crippen LogP contribution in [-0.4, -0.2) is 24.6 Å². The number of aromatic amines is 1. The highest BCUT2D eigenvalue weighted by molar-refractivity contribution is 7.89. The van der Waals surface area contributed by atoms with Crippen LogP contribution >= 0.6 is 12.2 Å². The van der Waals surface area contributed by atoms with Crippen LogP contribution in [0.5, 0.6) is 0 Å². The molecule has 1 N–H and O–H groups in total. The number of aromatic nitrogens is 2. The number of rotatable bonds is 3. The number of nitrogens with one attached hydrogen (secondary N) is 1. The SMILES string of the molecule is CC(C)c1cc(=S)nc(CS(C)(=O)=O)[nH]1. The smallest absolute Gasteiger partial charge is 0.154 e. The molecule has 0 aliphatic heterocycles. The molecule has 0 aromatic carbocycles. The maximum Gasteiger partial charge on any atom is 0.154 e. The summed E-state index contributed by atoms with van der Waals surface area (Å²) in [5.41, 5.74) is 0.911. The minimum atomic E-state index is -3.08. The Balaban J connectivity index is 3.16. The first-order valence-electron chi connectivity index (χ1n) is 4.56. The standard InChI is InChI=1S/C9H14N2O2S2/c1-6(2)7-4-9(14)11-8(10-7)5-15(3,12)13/h4,6H,5H2,1-3H3,(H,10,11,14). The van der Waals surface area contributed by atoms with Gasteiger partial charge in [0.15, 0.2) is 9.84 Å². The number of hydrogen-bond donors (Lipinski definition) is 1. The molecule has 1 aromatic heterocycles. The van der Waals surface area contributed by atoms with Crippen molar-refractivity contribution in [3.63, 3.8) is 0 Å². The molecule has 0 radical (unpaired) electrons. The third kappa shape index (κ3) is 4.09. The summed E-state index contributed by atoms with van der Waals surface area (Å²) in [5.74, 6) is 0.582. The molecule has 15 heavy (non-hydrogen) atoms. The number of nitrogens with zero attached hydrogens (tertiary/aromatic N) is 1. The van der Waals surface area contributed by atoms with Crippen molar-refractivity contribution in [3.05, 3.63) is 22.2 Å². The highest BCUT2D eigenvalue weighted by Crippen LogP contribution is 2.11. The zero-order chi connectivity index (χ0) is 11.6. The van der Waals surface area contributed by atoms with E-state index in [2.05, 4.69) is 9.97 Å². The zero-order valence-corrected chi connectivity index (χ0v) is 10.6. The highest BCUT2D eigenvalue weighted by Gasteiger charge is 2.08. The first-order valence-corrected chi connectivity index (χ1v) is 7.02. The second-order valence-electron chi connectivity index (χ2n) is 3.85. The zero-order valence-electron chi connectivity index (χ0n) is 8.94. The molecule has 0 fully saturated rings. The molecule has 0 amide bonds. The average molecular weight is 246 g/mol. The summed E-state index contributed by atoms with van der Waals surface area (Å²) in [6.45, 7) is 4.01. The van der Waals surface area contributed by atoms with Gasteiger partial charge in [-0.3, -0.25) is 0 Å². The minimum absolute atomic E-state index is 0.100. The minimum Gasteiger partial charge on any atom is -0.346 e. The molecule has 1 heterocycles. The van der Waals surface area contributed by atoms with E-state index in [0.717, 1.165) is 5.69 Å². The Morgan fingerprint density at radius 2 is 2.13 bits per heavy atom. The van der Waals surface area contributed by atoms with E-state index >= 15 is 0 Å². The highest BCUT2D eigenvalue weighted by atomic mass is 32.2. The van der Waals surface area contributed by atoms with Gasteiger partial charge >= 0.3 is 0 Å². The molecule has 0 unspecified atom stereocenters. The summed E-state index contributed by atoms with van der Waals surface area (Å²) in [7, 11) is -3.08. The fraction of sp³-hybridized carbons (Fsp3) is 0.556. The summed E-state index contributed by atoms with van der Waals surface area (Å²) in [6, 6.07) is 1.76. The maximum absolute atomic E-state index is 11.1. The fourth-order valence-electron chi connectivity index (χ4n) is 1.16. The fourth-order valence-corrected chi connectivity index (χ4v) is 2.03. The normalized spacial score (nSPS) is 12.0. The van der Waals surface area contributed by atoms with Crippen molar-refractivity contribution in [2.24, 2.45) is 0 Å². The van der Waals surface area contributed by atoms with Crippen molar-refractivity contribution in [1.29, 1.82) is 0 Å². The Morgan fingerprint density at radius 3 is 2.60 bits per heavy atom. The van der Waals surface area contributed by atoms with Crippen molar-refractivity contribution in [3.8, 4) is 0 Å². The number of sulfone groups is 1. The van der Waals surface area contributed by atoms with Gasteiger partial charge in [0.05, 0.1) is 0 Å². The Labute approximate surface area is 94.7 Å². The predicted molar refractivity (Wildman–Crippen MR) is 62.1 cm³/mol. The average Bonchev–Trinajstić information content (AvgIpc) is 1.99. The molecule has 0 saturated heterocycles. The number of H-pyrrole nitrogens is 1. The van der Waals surface area contributed by atoms with E-state index in [1.165, 1.54) is 6.26 Å². The Kier molecular flexibility index (Phi) is 3.62. The van der Waals surface area contributed by atoms with Gasteiger partial charge in [0.25, 0.3) is 0 Å². The second kappa shape index (κ2) is 4.40. The third-order valence-corrected chi connectivity index (χ3v) is 2.84. The number of hydrogen-bond acceptors (Lipinski definition) is 4. The molecule has 0 spiro atoms. The van der Waals surface area contributed by atoms with Crippen LogP contribution in [0.15, 0.2) is 6.07 Å². The summed E-state index contributed by atoms with van der Waals surface area (Å²) in [6.07, 6.45) is 1.17. The van der Waals surface area contributed by atoms with Crippen LogP contribution in [0.25, 0.3) is 0 Å².